The molecule has 0 amide bonds. The molecule has 0 saturated carbocycles. The van der Waals surface area contributed by atoms with Gasteiger partial charge in [-0.05, 0) is 0 Å². The van der Waals surface area contributed by atoms with E-state index >= 15 is 0 Å². The molecule has 4 heavy (non-hydrogen) atoms. The van der Waals surface area contributed by atoms with Crippen LogP contribution in [0.5, 0.6) is 0 Å². The molecule has 0 spiro atoms. The van der Waals surface area contributed by atoms with Gasteiger partial charge < -0.3 is 5.48 Å². The van der Waals surface area contributed by atoms with Gasteiger partial charge in [0.05, 0.1) is 0 Å². The fourth-order valence-corrected chi connectivity index (χ4v) is 0. The van der Waals surface area contributed by atoms with Crippen LogP contribution in [0, 0.1) is 9.93 Å². The van der Waals surface area contributed by atoms with Crippen LogP contribution in [0.25, 0.3) is 0 Å². The normalized spacial score (nSPS) is 1.00. The molecule has 26 valence electrons. The van der Waals surface area contributed by atoms with E-state index in [9.17, 15) is 0 Å². The Hall–Kier alpha value is 0.0925. The molecule has 0 aromatic heterocycles. The second kappa shape index (κ2) is 1580. The topological polar surface area (TPSA) is 65.6 Å². The first-order valence-corrected chi connectivity index (χ1v) is 0.167. The number of hydrogen-bond acceptors (Lipinski definition) is 2. The average molecular weight is 102 g/mol. The van der Waals surface area contributed by atoms with Crippen molar-refractivity contribution in [1.82, 2.24) is 0 Å². The molecule has 0 fully saturated rings. The van der Waals surface area contributed by atoms with Crippen molar-refractivity contribution in [2.45, 2.75) is 0 Å². The van der Waals surface area contributed by atoms with E-state index in [2.05, 4.69) is 0 Å². The molecular formula is H2CrO3. The second-order valence-corrected chi connectivity index (χ2v) is 0. The van der Waals surface area contributed by atoms with Crippen LogP contribution in [0.4, 0.5) is 0 Å². The van der Waals surface area contributed by atoms with Gasteiger partial charge in [0.1, 0.15) is 0 Å². The van der Waals surface area contributed by atoms with Crippen molar-refractivity contribution in [2.75, 3.05) is 0 Å². The standard InChI is InChI=1S/Cr.O2.H2O/c;1-2;/h;;1H2. The van der Waals surface area contributed by atoms with Gasteiger partial charge in [-0.1, -0.05) is 0 Å². The van der Waals surface area contributed by atoms with Gasteiger partial charge in [-0.3, -0.25) is 0 Å². The fraction of sp³-hybridized carbons (Fsp3) is 0. The molecule has 0 heterocycles. The van der Waals surface area contributed by atoms with E-state index in [1.807, 2.05) is 0 Å². The number of rotatable bonds is 0. The summed E-state index contributed by atoms with van der Waals surface area (Å²) in [6.07, 6.45) is 0. The maximum absolute atomic E-state index is 7.00. The average Bonchev–Trinajstić information content (AvgIpc) is 1.00. The van der Waals surface area contributed by atoms with Crippen molar-refractivity contribution in [3.05, 3.63) is 9.93 Å². The van der Waals surface area contributed by atoms with Crippen LogP contribution in [-0.4, -0.2) is 5.48 Å². The van der Waals surface area contributed by atoms with Crippen LogP contribution in [0.15, 0.2) is 0 Å². The summed E-state index contributed by atoms with van der Waals surface area (Å²) in [7, 11) is 0. The third-order valence-electron chi connectivity index (χ3n) is 0. The summed E-state index contributed by atoms with van der Waals surface area (Å²) in [5, 5.41) is 0. The summed E-state index contributed by atoms with van der Waals surface area (Å²) in [5.41, 5.74) is 0. The Morgan fingerprint density at radius 3 is 1.00 bits per heavy atom. The van der Waals surface area contributed by atoms with Crippen molar-refractivity contribution < 1.29 is 22.8 Å². The summed E-state index contributed by atoms with van der Waals surface area (Å²) in [5.74, 6) is 0. The van der Waals surface area contributed by atoms with E-state index in [4.69, 9.17) is 9.93 Å². The van der Waals surface area contributed by atoms with E-state index in [-0.39, 0.29) is 22.8 Å². The first-order valence-electron chi connectivity index (χ1n) is 0.167. The summed E-state index contributed by atoms with van der Waals surface area (Å²) < 4.78 is 0. The van der Waals surface area contributed by atoms with Gasteiger partial charge in [0.15, 0.2) is 0 Å². The summed E-state index contributed by atoms with van der Waals surface area (Å²) in [6, 6.07) is 0. The predicted molar refractivity (Wildman–Crippen MR) is 10.3 cm³/mol. The molecule has 0 atom stereocenters. The quantitative estimate of drug-likeness (QED) is 0.403. The van der Waals surface area contributed by atoms with Gasteiger partial charge in [0.2, 0.25) is 0 Å². The zero-order valence-corrected chi connectivity index (χ0v) is 3.00. The molecule has 0 radical (unpaired) electrons. The van der Waals surface area contributed by atoms with Crippen LogP contribution >= 0.6 is 0 Å². The summed E-state index contributed by atoms with van der Waals surface area (Å²) in [6.45, 7) is 0. The van der Waals surface area contributed by atoms with E-state index in [1.54, 1.807) is 0 Å². The third kappa shape index (κ3) is 292. The van der Waals surface area contributed by atoms with Crippen molar-refractivity contribution in [2.24, 2.45) is 0 Å². The van der Waals surface area contributed by atoms with Gasteiger partial charge >= 0.3 is 0 Å². The molecule has 4 heteroatoms. The molecule has 3 nitrogen and oxygen atoms in total. The zero-order chi connectivity index (χ0) is 2.00. The van der Waals surface area contributed by atoms with Gasteiger partial charge in [-0.25, -0.2) is 0 Å². The Labute approximate surface area is 33.7 Å². The molecule has 0 aliphatic heterocycles. The molecule has 0 rings (SSSR count). The van der Waals surface area contributed by atoms with E-state index in [1.165, 1.54) is 0 Å². The Bertz CT molecular complexity index is 3.25. The van der Waals surface area contributed by atoms with Crippen molar-refractivity contribution >= 4 is 0 Å². The predicted octanol–water partition coefficient (Wildman–Crippen LogP) is -0.760. The van der Waals surface area contributed by atoms with Gasteiger partial charge in [-0.15, -0.1) is 0 Å². The van der Waals surface area contributed by atoms with Gasteiger partial charge in [-0.2, -0.15) is 0 Å². The minimum atomic E-state index is 0. The fourth-order valence-electron chi connectivity index (χ4n) is 0. The van der Waals surface area contributed by atoms with Gasteiger partial charge in [0.25, 0.3) is 0 Å². The van der Waals surface area contributed by atoms with Crippen LogP contribution < -0.4 is 0 Å². The Balaban J connectivity index is -0.00000000500. The monoisotopic (exact) mass is 102 g/mol. The van der Waals surface area contributed by atoms with Crippen LogP contribution in [0.2, 0.25) is 0 Å². The van der Waals surface area contributed by atoms with Crippen LogP contribution in [0.3, 0.4) is 0 Å². The maximum Gasteiger partial charge on any atom is 0 e. The molecule has 0 unspecified atom stereocenters. The molecule has 0 aliphatic carbocycles. The van der Waals surface area contributed by atoms with Crippen molar-refractivity contribution in [1.29, 1.82) is 0 Å². The minimum absolute atomic E-state index is 0. The number of hydrogen-bond donors (Lipinski definition) is 0. The smallest absolute Gasteiger partial charge is 0 e. The largest absolute Gasteiger partial charge is 0.412 e. The Morgan fingerprint density at radius 1 is 1.00 bits per heavy atom. The second-order valence-electron chi connectivity index (χ2n) is 0. The molecule has 0 saturated heterocycles. The summed E-state index contributed by atoms with van der Waals surface area (Å²) in [4.78, 5) is 14.0. The van der Waals surface area contributed by atoms with Crippen molar-refractivity contribution in [3.63, 3.8) is 0 Å². The Kier molecular flexibility index (Phi) is 13000. The third-order valence-corrected chi connectivity index (χ3v) is 0. The van der Waals surface area contributed by atoms with Crippen LogP contribution in [-0.2, 0) is 17.4 Å². The maximum atomic E-state index is 7.00. The van der Waals surface area contributed by atoms with Crippen LogP contribution in [0.1, 0.15) is 0 Å². The summed E-state index contributed by atoms with van der Waals surface area (Å²) >= 11 is 0. The van der Waals surface area contributed by atoms with E-state index < -0.39 is 0 Å². The first kappa shape index (κ1) is 32.8. The molecule has 0 aromatic rings. The Morgan fingerprint density at radius 2 is 1.00 bits per heavy atom. The van der Waals surface area contributed by atoms with Gasteiger partial charge in [0, 0.05) is 27.3 Å². The zero-order valence-electron chi connectivity index (χ0n) is 1.72. The molecular weight excluding hydrogens is 100.0 g/mol. The SMILES string of the molecule is O.O=O.[Cr]. The molecule has 0 bridgehead atoms. The van der Waals surface area contributed by atoms with E-state index in [0.29, 0.717) is 0 Å². The van der Waals surface area contributed by atoms with E-state index in [0.717, 1.165) is 0 Å². The molecule has 2 N–H and O–H groups in total. The molecule has 0 aromatic carbocycles. The van der Waals surface area contributed by atoms with Crippen molar-refractivity contribution in [3.8, 4) is 0 Å². The minimum Gasteiger partial charge on any atom is -0.412 e. The first-order chi connectivity index (χ1) is 1.00. The molecule has 0 aliphatic rings.